The molecule has 4 heterocycles. The summed E-state index contributed by atoms with van der Waals surface area (Å²) in [6.07, 6.45) is 2.64. The zero-order valence-electron chi connectivity index (χ0n) is 27.5. The molecule has 0 unspecified atom stereocenters. The summed E-state index contributed by atoms with van der Waals surface area (Å²) in [5, 5.41) is 31.2. The maximum absolute atomic E-state index is 14.6. The fourth-order valence-corrected chi connectivity index (χ4v) is 7.94. The van der Waals surface area contributed by atoms with Crippen molar-refractivity contribution in [2.24, 2.45) is 18.4 Å². The summed E-state index contributed by atoms with van der Waals surface area (Å²) in [7, 11) is 1.80. The van der Waals surface area contributed by atoms with E-state index in [1.807, 2.05) is 0 Å². The second kappa shape index (κ2) is 12.0. The number of hydrogen-bond donors (Lipinski definition) is 1. The number of halogens is 3. The van der Waals surface area contributed by atoms with Crippen molar-refractivity contribution in [3.63, 3.8) is 0 Å². The van der Waals surface area contributed by atoms with Crippen molar-refractivity contribution < 1.29 is 18.0 Å². The lowest BCUT2D eigenvalue weighted by molar-refractivity contribution is -0.138. The molecular formula is C37H34F3N9O. The van der Waals surface area contributed by atoms with Gasteiger partial charge < -0.3 is 9.88 Å². The molecule has 2 atom stereocenters. The number of hydrogen-bond acceptors (Lipinski definition) is 8. The van der Waals surface area contributed by atoms with Crippen molar-refractivity contribution in [1.29, 1.82) is 10.5 Å². The molecule has 13 heteroatoms. The minimum Gasteiger partial charge on any atom is -0.366 e. The van der Waals surface area contributed by atoms with Gasteiger partial charge in [0, 0.05) is 37.3 Å². The standard InChI is InChI=1S/C37H34F3N9O/c1-47-21-43-46-34(47)26-6-5-22(16-41)11-27(26)25-14-32(44-31-4-2-3-24(31)17-42)45-33(15-25)49-19-29-28(35(49)50)12-23(13-30(29)37(38,39)40)18-48-10-9-36(20-48)7-8-36/h5-6,11-15,21,24,31H,2-4,7-10,18-20H2,1H3,(H,44,45)/t24-,31+/m0/s1. The van der Waals surface area contributed by atoms with Gasteiger partial charge in [-0.2, -0.15) is 23.7 Å². The Balaban J connectivity index is 1.22. The molecule has 4 aliphatic rings. The first kappa shape index (κ1) is 32.0. The van der Waals surface area contributed by atoms with Crippen molar-refractivity contribution in [3.05, 3.63) is 76.6 Å². The third-order valence-electron chi connectivity index (χ3n) is 10.8. The summed E-state index contributed by atoms with van der Waals surface area (Å²) < 4.78 is 45.6. The number of benzene rings is 2. The summed E-state index contributed by atoms with van der Waals surface area (Å²) in [4.78, 5) is 22.4. The van der Waals surface area contributed by atoms with E-state index in [4.69, 9.17) is 4.98 Å². The molecule has 8 rings (SSSR count). The second-order valence-electron chi connectivity index (χ2n) is 14.2. The van der Waals surface area contributed by atoms with Gasteiger partial charge in [0.05, 0.1) is 35.7 Å². The first-order valence-electron chi connectivity index (χ1n) is 16.9. The molecule has 2 aromatic carbocycles. The summed E-state index contributed by atoms with van der Waals surface area (Å²) in [5.41, 5.74) is 2.18. The SMILES string of the molecule is Cn1cnnc1-c1ccc(C#N)cc1-c1cc(N[C@@H]2CCC[C@H]2C#N)nc(N2Cc3c(cc(CN4CCC5(CC5)C4)cc3C(F)(F)F)C2=O)c1. The molecular weight excluding hydrogens is 643 g/mol. The Labute approximate surface area is 287 Å². The zero-order chi connectivity index (χ0) is 34.8. The zero-order valence-corrected chi connectivity index (χ0v) is 27.5. The number of pyridine rings is 1. The van der Waals surface area contributed by atoms with Crippen LogP contribution in [0, 0.1) is 34.0 Å². The average Bonchev–Trinajstić information content (AvgIpc) is 3.46. The summed E-state index contributed by atoms with van der Waals surface area (Å²) in [6, 6.07) is 15.8. The fraction of sp³-hybridized carbons (Fsp3) is 0.405. The van der Waals surface area contributed by atoms with E-state index in [1.165, 1.54) is 11.0 Å². The number of fused-ring (bicyclic) bond motifs is 1. The molecule has 10 nitrogen and oxygen atoms in total. The molecule has 4 aromatic rings. The molecule has 0 bridgehead atoms. The van der Waals surface area contributed by atoms with Gasteiger partial charge in [-0.1, -0.05) is 0 Å². The highest BCUT2D eigenvalue weighted by Crippen LogP contribution is 2.53. The largest absolute Gasteiger partial charge is 0.416 e. The van der Waals surface area contributed by atoms with Crippen LogP contribution in [0.15, 0.2) is 48.8 Å². The number of carbonyl (C=O) groups is 1. The van der Waals surface area contributed by atoms with E-state index < -0.39 is 17.6 Å². The van der Waals surface area contributed by atoms with Crippen molar-refractivity contribution in [2.45, 2.75) is 63.8 Å². The molecule has 1 N–H and O–H groups in total. The predicted octanol–water partition coefficient (Wildman–Crippen LogP) is 6.69. The van der Waals surface area contributed by atoms with E-state index in [2.05, 4.69) is 32.6 Å². The minimum absolute atomic E-state index is 0.0310. The molecule has 1 spiro atoms. The van der Waals surface area contributed by atoms with Gasteiger partial charge in [-0.25, -0.2) is 4.98 Å². The quantitative estimate of drug-likeness (QED) is 0.230. The molecule has 50 heavy (non-hydrogen) atoms. The van der Waals surface area contributed by atoms with E-state index in [0.29, 0.717) is 51.4 Å². The molecule has 2 aromatic heterocycles. The maximum Gasteiger partial charge on any atom is 0.416 e. The topological polar surface area (TPSA) is 127 Å². The van der Waals surface area contributed by atoms with E-state index in [-0.39, 0.29) is 35.4 Å². The minimum atomic E-state index is -4.65. The number of alkyl halides is 3. The highest BCUT2D eigenvalue weighted by molar-refractivity contribution is 6.10. The fourth-order valence-electron chi connectivity index (χ4n) is 7.94. The number of amides is 1. The van der Waals surface area contributed by atoms with Crippen LogP contribution in [0.2, 0.25) is 0 Å². The van der Waals surface area contributed by atoms with Gasteiger partial charge in [-0.05, 0) is 115 Å². The Morgan fingerprint density at radius 3 is 2.58 bits per heavy atom. The van der Waals surface area contributed by atoms with Crippen LogP contribution in [0.1, 0.15) is 71.1 Å². The number of nitriles is 2. The number of likely N-dealkylation sites (tertiary alicyclic amines) is 1. The predicted molar refractivity (Wildman–Crippen MR) is 178 cm³/mol. The van der Waals surface area contributed by atoms with Crippen LogP contribution in [-0.4, -0.2) is 49.7 Å². The molecule has 2 saturated carbocycles. The van der Waals surface area contributed by atoms with Crippen LogP contribution in [0.5, 0.6) is 0 Å². The van der Waals surface area contributed by atoms with E-state index in [9.17, 15) is 28.5 Å². The number of anilines is 2. The van der Waals surface area contributed by atoms with Gasteiger partial charge in [0.2, 0.25) is 0 Å². The highest BCUT2D eigenvalue weighted by Gasteiger charge is 2.48. The van der Waals surface area contributed by atoms with Gasteiger partial charge >= 0.3 is 6.18 Å². The van der Waals surface area contributed by atoms with E-state index in [1.54, 1.807) is 54.3 Å². The Bertz CT molecular complexity index is 2110. The van der Waals surface area contributed by atoms with Crippen LogP contribution in [0.25, 0.3) is 22.5 Å². The van der Waals surface area contributed by atoms with E-state index >= 15 is 0 Å². The smallest absolute Gasteiger partial charge is 0.366 e. The van der Waals surface area contributed by atoms with Crippen LogP contribution >= 0.6 is 0 Å². The van der Waals surface area contributed by atoms with Crippen molar-refractivity contribution in [1.82, 2.24) is 24.6 Å². The van der Waals surface area contributed by atoms with Gasteiger partial charge in [0.25, 0.3) is 5.91 Å². The first-order valence-corrected chi connectivity index (χ1v) is 16.9. The Morgan fingerprint density at radius 1 is 1.04 bits per heavy atom. The lowest BCUT2D eigenvalue weighted by Crippen LogP contribution is -2.26. The van der Waals surface area contributed by atoms with Crippen LogP contribution in [-0.2, 0) is 26.3 Å². The average molecular weight is 678 g/mol. The van der Waals surface area contributed by atoms with Gasteiger partial charge in [-0.15, -0.1) is 10.2 Å². The summed E-state index contributed by atoms with van der Waals surface area (Å²) in [6.45, 7) is 1.76. The molecule has 3 fully saturated rings. The van der Waals surface area contributed by atoms with Crippen molar-refractivity contribution >= 4 is 17.5 Å². The maximum atomic E-state index is 14.6. The number of rotatable bonds is 7. The number of aromatic nitrogens is 4. The van der Waals surface area contributed by atoms with Crippen LogP contribution in [0.4, 0.5) is 24.8 Å². The molecule has 2 aliphatic heterocycles. The lowest BCUT2D eigenvalue weighted by Gasteiger charge is -2.21. The van der Waals surface area contributed by atoms with Gasteiger partial charge in [0.1, 0.15) is 18.0 Å². The Morgan fingerprint density at radius 2 is 1.88 bits per heavy atom. The Hall–Kier alpha value is -5.27. The van der Waals surface area contributed by atoms with Crippen LogP contribution < -0.4 is 10.2 Å². The monoisotopic (exact) mass is 677 g/mol. The molecule has 1 saturated heterocycles. The molecule has 254 valence electrons. The third-order valence-corrected chi connectivity index (χ3v) is 10.8. The number of nitrogens with one attached hydrogen (secondary N) is 1. The molecule has 2 aliphatic carbocycles. The third kappa shape index (κ3) is 5.75. The normalized spacial score (nSPS) is 21.0. The number of aryl methyl sites for hydroxylation is 1. The van der Waals surface area contributed by atoms with Crippen LogP contribution in [0.3, 0.4) is 0 Å². The Kier molecular flexibility index (Phi) is 7.64. The first-order chi connectivity index (χ1) is 24.0. The van der Waals surface area contributed by atoms with Crippen molar-refractivity contribution in [3.8, 4) is 34.7 Å². The van der Waals surface area contributed by atoms with E-state index in [0.717, 1.165) is 51.6 Å². The highest BCUT2D eigenvalue weighted by atomic mass is 19.4. The second-order valence-corrected chi connectivity index (χ2v) is 14.2. The lowest BCUT2D eigenvalue weighted by atomic mass is 9.97. The van der Waals surface area contributed by atoms with Crippen molar-refractivity contribution in [2.75, 3.05) is 23.3 Å². The molecule has 0 radical (unpaired) electrons. The molecule has 1 amide bonds. The number of carbonyl (C=O) groups excluding carboxylic acids is 1. The summed E-state index contributed by atoms with van der Waals surface area (Å²) >= 11 is 0. The number of nitrogens with zero attached hydrogens (tertiary/aromatic N) is 8. The van der Waals surface area contributed by atoms with Gasteiger partial charge in [0.15, 0.2) is 5.82 Å². The van der Waals surface area contributed by atoms with Gasteiger partial charge in [-0.3, -0.25) is 14.6 Å². The summed E-state index contributed by atoms with van der Waals surface area (Å²) in [5.74, 6) is 0.276.